The molecule has 0 saturated carbocycles. The number of anilines is 1. The fourth-order valence-electron chi connectivity index (χ4n) is 2.59. The average molecular weight is 277 g/mol. The van der Waals surface area contributed by atoms with Gasteiger partial charge in [-0.1, -0.05) is 0 Å². The first-order valence-electron chi connectivity index (χ1n) is 7.02. The third-order valence-electron chi connectivity index (χ3n) is 3.45. The van der Waals surface area contributed by atoms with Crippen molar-refractivity contribution in [2.24, 2.45) is 0 Å². The lowest BCUT2D eigenvalue weighted by Crippen LogP contribution is -2.51. The van der Waals surface area contributed by atoms with Gasteiger partial charge in [0.2, 0.25) is 0 Å². The standard InChI is InChI=1S/C15H23N3O2/c1-12(19)13-5-4-6-16-14(13)18-9-7-17(8-10-18)11-15(2,3)20/h4-6,20H,7-11H2,1-3H3. The van der Waals surface area contributed by atoms with Crippen molar-refractivity contribution in [3.05, 3.63) is 23.9 Å². The summed E-state index contributed by atoms with van der Waals surface area (Å²) in [6.07, 6.45) is 1.73. The second kappa shape index (κ2) is 5.89. The molecule has 0 bridgehead atoms. The van der Waals surface area contributed by atoms with Gasteiger partial charge in [-0.05, 0) is 32.9 Å². The monoisotopic (exact) mass is 277 g/mol. The zero-order chi connectivity index (χ0) is 14.8. The van der Waals surface area contributed by atoms with Crippen molar-refractivity contribution in [1.82, 2.24) is 9.88 Å². The van der Waals surface area contributed by atoms with E-state index in [4.69, 9.17) is 0 Å². The first-order valence-corrected chi connectivity index (χ1v) is 7.02. The lowest BCUT2D eigenvalue weighted by molar-refractivity contribution is 0.0344. The molecule has 110 valence electrons. The smallest absolute Gasteiger partial charge is 0.163 e. The Morgan fingerprint density at radius 1 is 1.35 bits per heavy atom. The van der Waals surface area contributed by atoms with E-state index in [2.05, 4.69) is 14.8 Å². The first-order chi connectivity index (χ1) is 9.37. The molecule has 1 aliphatic rings. The number of Topliss-reactive ketones (excluding diaryl/α,β-unsaturated/α-hetero) is 1. The lowest BCUT2D eigenvalue weighted by atomic mass is 10.1. The number of hydrogen-bond acceptors (Lipinski definition) is 5. The highest BCUT2D eigenvalue weighted by Gasteiger charge is 2.24. The zero-order valence-corrected chi connectivity index (χ0v) is 12.5. The Labute approximate surface area is 120 Å². The van der Waals surface area contributed by atoms with Gasteiger partial charge in [0, 0.05) is 38.9 Å². The predicted molar refractivity (Wildman–Crippen MR) is 79.2 cm³/mol. The van der Waals surface area contributed by atoms with Gasteiger partial charge < -0.3 is 10.0 Å². The maximum atomic E-state index is 11.7. The van der Waals surface area contributed by atoms with Crippen LogP contribution in [0.4, 0.5) is 5.82 Å². The normalized spacial score (nSPS) is 17.3. The van der Waals surface area contributed by atoms with Crippen molar-refractivity contribution in [2.45, 2.75) is 26.4 Å². The molecule has 1 fully saturated rings. The van der Waals surface area contributed by atoms with E-state index in [0.29, 0.717) is 12.1 Å². The molecule has 1 aliphatic heterocycles. The minimum atomic E-state index is -0.669. The molecule has 0 radical (unpaired) electrons. The van der Waals surface area contributed by atoms with E-state index in [1.807, 2.05) is 19.9 Å². The van der Waals surface area contributed by atoms with Crippen LogP contribution < -0.4 is 4.90 Å². The molecule has 1 aromatic rings. The number of carbonyl (C=O) groups is 1. The van der Waals surface area contributed by atoms with Crippen LogP contribution in [0.15, 0.2) is 18.3 Å². The summed E-state index contributed by atoms with van der Waals surface area (Å²) >= 11 is 0. The van der Waals surface area contributed by atoms with E-state index in [1.54, 1.807) is 19.2 Å². The molecular formula is C15H23N3O2. The molecule has 0 amide bonds. The molecule has 2 rings (SSSR count). The van der Waals surface area contributed by atoms with Crippen LogP contribution in [0.5, 0.6) is 0 Å². The van der Waals surface area contributed by atoms with Crippen LogP contribution >= 0.6 is 0 Å². The molecule has 20 heavy (non-hydrogen) atoms. The molecular weight excluding hydrogens is 254 g/mol. The molecule has 1 saturated heterocycles. The van der Waals surface area contributed by atoms with E-state index in [1.165, 1.54) is 0 Å². The number of pyridine rings is 1. The first kappa shape index (κ1) is 14.9. The van der Waals surface area contributed by atoms with Crippen molar-refractivity contribution in [2.75, 3.05) is 37.6 Å². The summed E-state index contributed by atoms with van der Waals surface area (Å²) in [5.41, 5.74) is 0.0148. The van der Waals surface area contributed by atoms with Crippen LogP contribution in [-0.2, 0) is 0 Å². The van der Waals surface area contributed by atoms with Crippen molar-refractivity contribution in [1.29, 1.82) is 0 Å². The number of rotatable bonds is 4. The van der Waals surface area contributed by atoms with E-state index in [0.717, 1.165) is 32.0 Å². The van der Waals surface area contributed by atoms with Gasteiger partial charge in [0.05, 0.1) is 11.2 Å². The number of β-amino-alcohol motifs (C(OH)–C–C–N with tert-alkyl or cyclic N) is 1. The minimum absolute atomic E-state index is 0.0482. The lowest BCUT2D eigenvalue weighted by Gasteiger charge is -2.38. The minimum Gasteiger partial charge on any atom is -0.389 e. The second-order valence-electron chi connectivity index (χ2n) is 6.01. The van der Waals surface area contributed by atoms with Crippen LogP contribution in [-0.4, -0.2) is 59.1 Å². The number of ketones is 1. The van der Waals surface area contributed by atoms with E-state index in [-0.39, 0.29) is 5.78 Å². The summed E-state index contributed by atoms with van der Waals surface area (Å²) in [5, 5.41) is 9.86. The van der Waals surface area contributed by atoms with E-state index in [9.17, 15) is 9.90 Å². The van der Waals surface area contributed by atoms with Gasteiger partial charge in [-0.2, -0.15) is 0 Å². The van der Waals surface area contributed by atoms with Gasteiger partial charge in [0.25, 0.3) is 0 Å². The molecule has 5 heteroatoms. The fraction of sp³-hybridized carbons (Fsp3) is 0.600. The van der Waals surface area contributed by atoms with Gasteiger partial charge in [0.15, 0.2) is 5.78 Å². The van der Waals surface area contributed by atoms with Gasteiger partial charge >= 0.3 is 0 Å². The van der Waals surface area contributed by atoms with Crippen molar-refractivity contribution >= 4 is 11.6 Å². The van der Waals surface area contributed by atoms with Crippen LogP contribution in [0, 0.1) is 0 Å². The van der Waals surface area contributed by atoms with Crippen molar-refractivity contribution in [3.63, 3.8) is 0 Å². The molecule has 1 aromatic heterocycles. The largest absolute Gasteiger partial charge is 0.389 e. The molecule has 1 N–H and O–H groups in total. The van der Waals surface area contributed by atoms with Crippen molar-refractivity contribution < 1.29 is 9.90 Å². The van der Waals surface area contributed by atoms with Gasteiger partial charge in [0.1, 0.15) is 5.82 Å². The fourth-order valence-corrected chi connectivity index (χ4v) is 2.59. The molecule has 0 atom stereocenters. The Morgan fingerprint density at radius 3 is 2.55 bits per heavy atom. The Hall–Kier alpha value is -1.46. The maximum absolute atomic E-state index is 11.7. The third-order valence-corrected chi connectivity index (χ3v) is 3.45. The van der Waals surface area contributed by atoms with Gasteiger partial charge in [-0.15, -0.1) is 0 Å². The molecule has 2 heterocycles. The Bertz CT molecular complexity index is 474. The maximum Gasteiger partial charge on any atom is 0.163 e. The second-order valence-corrected chi connectivity index (χ2v) is 6.01. The number of nitrogens with zero attached hydrogens (tertiary/aromatic N) is 3. The predicted octanol–water partition coefficient (Wildman–Crippen LogP) is 1.18. The molecule has 0 unspecified atom stereocenters. The number of aliphatic hydroxyl groups is 1. The average Bonchev–Trinajstić information content (AvgIpc) is 2.38. The molecule has 5 nitrogen and oxygen atoms in total. The Balaban J connectivity index is 2.03. The topological polar surface area (TPSA) is 56.7 Å². The van der Waals surface area contributed by atoms with Crippen LogP contribution in [0.3, 0.4) is 0 Å². The number of aromatic nitrogens is 1. The quantitative estimate of drug-likeness (QED) is 0.838. The Kier molecular flexibility index (Phi) is 4.40. The molecule has 0 aromatic carbocycles. The van der Waals surface area contributed by atoms with Gasteiger partial charge in [-0.25, -0.2) is 4.98 Å². The third kappa shape index (κ3) is 3.77. The number of hydrogen-bond donors (Lipinski definition) is 1. The highest BCUT2D eigenvalue weighted by molar-refractivity contribution is 5.98. The highest BCUT2D eigenvalue weighted by Crippen LogP contribution is 2.20. The zero-order valence-electron chi connectivity index (χ0n) is 12.5. The van der Waals surface area contributed by atoms with Crippen molar-refractivity contribution in [3.8, 4) is 0 Å². The highest BCUT2D eigenvalue weighted by atomic mass is 16.3. The van der Waals surface area contributed by atoms with E-state index >= 15 is 0 Å². The summed E-state index contributed by atoms with van der Waals surface area (Å²) < 4.78 is 0. The summed E-state index contributed by atoms with van der Waals surface area (Å²) in [6.45, 7) is 9.29. The summed E-state index contributed by atoms with van der Waals surface area (Å²) in [6, 6.07) is 3.62. The van der Waals surface area contributed by atoms with Crippen LogP contribution in [0.25, 0.3) is 0 Å². The summed E-state index contributed by atoms with van der Waals surface area (Å²) in [7, 11) is 0. The van der Waals surface area contributed by atoms with E-state index < -0.39 is 5.60 Å². The van der Waals surface area contributed by atoms with Crippen LogP contribution in [0.2, 0.25) is 0 Å². The number of carbonyl (C=O) groups excluding carboxylic acids is 1. The number of piperazine rings is 1. The summed E-state index contributed by atoms with van der Waals surface area (Å²) in [5.74, 6) is 0.829. The SMILES string of the molecule is CC(=O)c1cccnc1N1CCN(CC(C)(C)O)CC1. The Morgan fingerprint density at radius 2 is 2.00 bits per heavy atom. The molecule has 0 aliphatic carbocycles. The molecule has 0 spiro atoms. The van der Waals surface area contributed by atoms with Gasteiger partial charge in [-0.3, -0.25) is 9.69 Å². The van der Waals surface area contributed by atoms with Crippen LogP contribution in [0.1, 0.15) is 31.1 Å². The summed E-state index contributed by atoms with van der Waals surface area (Å²) in [4.78, 5) is 20.4.